The van der Waals surface area contributed by atoms with Crippen LogP contribution in [0.15, 0.2) is 29.3 Å². The van der Waals surface area contributed by atoms with Gasteiger partial charge in [-0.25, -0.2) is 12.8 Å². The van der Waals surface area contributed by atoms with Gasteiger partial charge in [0, 0.05) is 26.7 Å². The fraction of sp³-hybridized carbons (Fsp3) is 0.611. The van der Waals surface area contributed by atoms with E-state index >= 15 is 0 Å². The molecular formula is C18H30FIN4O2S. The van der Waals surface area contributed by atoms with Crippen LogP contribution in [0.5, 0.6) is 0 Å². The third-order valence-electron chi connectivity index (χ3n) is 4.87. The Kier molecular flexibility index (Phi) is 8.49. The maximum atomic E-state index is 13.6. The molecule has 1 heterocycles. The molecule has 1 N–H and O–H groups in total. The molecule has 9 heteroatoms. The van der Waals surface area contributed by atoms with E-state index in [0.717, 1.165) is 5.56 Å². The fourth-order valence-electron chi connectivity index (χ4n) is 3.16. The van der Waals surface area contributed by atoms with Crippen molar-refractivity contribution in [1.82, 2.24) is 15.1 Å². The van der Waals surface area contributed by atoms with Gasteiger partial charge in [0.25, 0.3) is 0 Å². The Balaban J connectivity index is 0.00000364. The summed E-state index contributed by atoms with van der Waals surface area (Å²) >= 11 is 0. The number of likely N-dealkylation sites (N-methyl/N-ethyl adjacent to an activating group) is 1. The van der Waals surface area contributed by atoms with Gasteiger partial charge in [0.15, 0.2) is 15.8 Å². The summed E-state index contributed by atoms with van der Waals surface area (Å²) in [5.74, 6) is 0.514. The summed E-state index contributed by atoms with van der Waals surface area (Å²) in [5, 5.41) is 3.32. The lowest BCUT2D eigenvalue weighted by molar-refractivity contribution is 0.290. The van der Waals surface area contributed by atoms with Crippen LogP contribution in [-0.2, 0) is 9.84 Å². The number of nitrogens with one attached hydrogen (secondary N) is 1. The highest BCUT2D eigenvalue weighted by Gasteiger charge is 2.41. The van der Waals surface area contributed by atoms with Gasteiger partial charge in [0.1, 0.15) is 5.82 Å². The third-order valence-corrected chi connectivity index (χ3v) is 7.40. The first-order valence-corrected chi connectivity index (χ1v) is 10.3. The first-order valence-electron chi connectivity index (χ1n) is 8.67. The summed E-state index contributed by atoms with van der Waals surface area (Å²) < 4.78 is 37.2. The third kappa shape index (κ3) is 5.77. The summed E-state index contributed by atoms with van der Waals surface area (Å²) in [5.41, 5.74) is 0.875. The molecule has 1 atom stereocenters. The van der Waals surface area contributed by atoms with Crippen LogP contribution in [0.4, 0.5) is 4.39 Å². The monoisotopic (exact) mass is 512 g/mol. The van der Waals surface area contributed by atoms with Crippen molar-refractivity contribution in [2.24, 2.45) is 4.99 Å². The van der Waals surface area contributed by atoms with Gasteiger partial charge >= 0.3 is 0 Å². The van der Waals surface area contributed by atoms with E-state index in [9.17, 15) is 12.8 Å². The first-order chi connectivity index (χ1) is 12.1. The number of hydrogen-bond donors (Lipinski definition) is 1. The largest absolute Gasteiger partial charge is 0.354 e. The molecule has 1 aliphatic rings. The van der Waals surface area contributed by atoms with Crippen molar-refractivity contribution in [3.05, 3.63) is 35.6 Å². The maximum Gasteiger partial charge on any atom is 0.193 e. The summed E-state index contributed by atoms with van der Waals surface area (Å²) in [6, 6.07) is 6.52. The molecule has 27 heavy (non-hydrogen) atoms. The lowest BCUT2D eigenvalue weighted by atomic mass is 10.1. The van der Waals surface area contributed by atoms with Gasteiger partial charge in [-0.2, -0.15) is 0 Å². The zero-order valence-electron chi connectivity index (χ0n) is 16.6. The molecule has 6 nitrogen and oxygen atoms in total. The molecule has 1 aliphatic heterocycles. The van der Waals surface area contributed by atoms with Crippen LogP contribution in [-0.4, -0.2) is 75.5 Å². The lowest BCUT2D eigenvalue weighted by Crippen LogP contribution is -2.57. The molecular weight excluding hydrogens is 482 g/mol. The lowest BCUT2D eigenvalue weighted by Gasteiger charge is -2.39. The quantitative estimate of drug-likeness (QED) is 0.381. The van der Waals surface area contributed by atoms with Gasteiger partial charge in [-0.3, -0.25) is 4.99 Å². The van der Waals surface area contributed by atoms with Crippen molar-refractivity contribution in [3.63, 3.8) is 0 Å². The highest BCUT2D eigenvalue weighted by Crippen LogP contribution is 2.24. The number of hydrogen-bond acceptors (Lipinski definition) is 4. The molecule has 0 spiro atoms. The minimum atomic E-state index is -3.10. The van der Waals surface area contributed by atoms with E-state index in [-0.39, 0.29) is 41.6 Å². The molecule has 154 valence electrons. The zero-order chi connectivity index (χ0) is 19.5. The highest BCUT2D eigenvalue weighted by atomic mass is 127. The second kappa shape index (κ2) is 9.51. The van der Waals surface area contributed by atoms with E-state index in [0.29, 0.717) is 25.6 Å². The molecule has 1 aromatic carbocycles. The summed E-state index contributed by atoms with van der Waals surface area (Å²) in [4.78, 5) is 8.30. The number of nitrogens with zero attached hydrogens (tertiary/aromatic N) is 3. The minimum Gasteiger partial charge on any atom is -0.354 e. The van der Waals surface area contributed by atoms with Crippen LogP contribution in [0, 0.1) is 5.82 Å². The minimum absolute atomic E-state index is 0. The van der Waals surface area contributed by atoms with Crippen LogP contribution in [0.3, 0.4) is 0 Å². The molecule has 2 rings (SSSR count). The van der Waals surface area contributed by atoms with Gasteiger partial charge < -0.3 is 15.1 Å². The van der Waals surface area contributed by atoms with Gasteiger partial charge in [-0.15, -0.1) is 24.0 Å². The predicted octanol–water partition coefficient (Wildman–Crippen LogP) is 2.13. The van der Waals surface area contributed by atoms with Crippen LogP contribution in [0.25, 0.3) is 0 Å². The number of rotatable bonds is 4. The van der Waals surface area contributed by atoms with Gasteiger partial charge in [-0.1, -0.05) is 12.1 Å². The topological polar surface area (TPSA) is 65.0 Å². The van der Waals surface area contributed by atoms with Crippen molar-refractivity contribution < 1.29 is 12.8 Å². The molecule has 1 aromatic rings. The van der Waals surface area contributed by atoms with Crippen molar-refractivity contribution >= 4 is 39.8 Å². The molecule has 1 fully saturated rings. The average Bonchev–Trinajstić information content (AvgIpc) is 2.54. The Morgan fingerprint density at radius 3 is 2.59 bits per heavy atom. The fourth-order valence-corrected chi connectivity index (χ4v) is 4.52. The van der Waals surface area contributed by atoms with Crippen molar-refractivity contribution in [2.75, 3.05) is 46.5 Å². The zero-order valence-corrected chi connectivity index (χ0v) is 19.7. The molecule has 1 saturated heterocycles. The molecule has 0 aromatic heterocycles. The van der Waals surface area contributed by atoms with Crippen molar-refractivity contribution in [2.45, 2.75) is 24.6 Å². The Bertz CT molecular complexity index is 768. The Morgan fingerprint density at radius 2 is 2.07 bits per heavy atom. The second-order valence-electron chi connectivity index (χ2n) is 7.46. The number of aliphatic imine (C=N–C) groups is 1. The Labute approximate surface area is 179 Å². The van der Waals surface area contributed by atoms with Crippen LogP contribution >= 0.6 is 24.0 Å². The maximum absolute atomic E-state index is 13.6. The van der Waals surface area contributed by atoms with E-state index in [2.05, 4.69) is 10.3 Å². The van der Waals surface area contributed by atoms with E-state index in [1.54, 1.807) is 27.0 Å². The number of sulfone groups is 1. The van der Waals surface area contributed by atoms with Gasteiger partial charge in [0.05, 0.1) is 16.5 Å². The van der Waals surface area contributed by atoms with Gasteiger partial charge in [0.2, 0.25) is 0 Å². The average molecular weight is 512 g/mol. The Hall–Kier alpha value is -0.940. The van der Waals surface area contributed by atoms with E-state index < -0.39 is 14.6 Å². The number of halogens is 2. The molecule has 0 aliphatic carbocycles. The molecule has 1 unspecified atom stereocenters. The van der Waals surface area contributed by atoms with Crippen molar-refractivity contribution in [1.29, 1.82) is 0 Å². The summed E-state index contributed by atoms with van der Waals surface area (Å²) in [6.45, 7) is 4.83. The second-order valence-corrected chi connectivity index (χ2v) is 10.2. The van der Waals surface area contributed by atoms with E-state index in [1.807, 2.05) is 30.0 Å². The van der Waals surface area contributed by atoms with Crippen LogP contribution in [0.1, 0.15) is 25.5 Å². The smallest absolute Gasteiger partial charge is 0.193 e. The number of benzene rings is 1. The van der Waals surface area contributed by atoms with Crippen LogP contribution < -0.4 is 5.32 Å². The molecule has 0 bridgehead atoms. The molecule has 0 radical (unpaired) electrons. The normalized spacial score (nSPS) is 20.1. The standard InChI is InChI=1S/C18H29FN4O2S.HI/c1-18(2)13-23(9-10-26(18,24)25)17(20-3)21-12-16(22(4)5)14-7-6-8-15(19)11-14;/h6-8,11,16H,9-10,12-13H2,1-5H3,(H,20,21);1H. The first kappa shape index (κ1) is 24.1. The Morgan fingerprint density at radius 1 is 1.41 bits per heavy atom. The number of guanidine groups is 1. The van der Waals surface area contributed by atoms with E-state index in [4.69, 9.17) is 0 Å². The van der Waals surface area contributed by atoms with Crippen LogP contribution in [0.2, 0.25) is 0 Å². The summed E-state index contributed by atoms with van der Waals surface area (Å²) in [7, 11) is 2.47. The summed E-state index contributed by atoms with van der Waals surface area (Å²) in [6.07, 6.45) is 0. The van der Waals surface area contributed by atoms with Crippen molar-refractivity contribution in [3.8, 4) is 0 Å². The molecule has 0 amide bonds. The predicted molar refractivity (Wildman–Crippen MR) is 119 cm³/mol. The SMILES string of the molecule is CN=C(NCC(c1cccc(F)c1)N(C)C)N1CCS(=O)(=O)C(C)(C)C1.I. The van der Waals surface area contributed by atoms with E-state index in [1.165, 1.54) is 12.1 Å². The molecule has 0 saturated carbocycles. The highest BCUT2D eigenvalue weighted by molar-refractivity contribution is 14.0. The van der Waals surface area contributed by atoms with Gasteiger partial charge in [-0.05, 0) is 45.6 Å².